The van der Waals surface area contributed by atoms with Crippen LogP contribution in [0.3, 0.4) is 0 Å². The minimum atomic E-state index is -0.424. The third-order valence-electron chi connectivity index (χ3n) is 2.46. The zero-order valence-corrected chi connectivity index (χ0v) is 10.6. The number of amides is 2. The number of aromatic nitrogens is 3. The monoisotopic (exact) mass is 254 g/mol. The van der Waals surface area contributed by atoms with Gasteiger partial charge in [0.25, 0.3) is 5.91 Å². The van der Waals surface area contributed by atoms with Crippen molar-refractivity contribution in [3.63, 3.8) is 0 Å². The van der Waals surface area contributed by atoms with Crippen LogP contribution in [0.1, 0.15) is 30.9 Å². The highest BCUT2D eigenvalue weighted by Gasteiger charge is 2.12. The molecule has 2 amide bonds. The minimum absolute atomic E-state index is 0.0115. The Bertz CT molecular complexity index is 412. The van der Waals surface area contributed by atoms with Gasteiger partial charge in [-0.2, -0.15) is 4.98 Å². The van der Waals surface area contributed by atoms with Gasteiger partial charge in [-0.05, 0) is 13.8 Å². The molecule has 100 valence electrons. The number of anilines is 1. The van der Waals surface area contributed by atoms with Crippen molar-refractivity contribution in [1.29, 1.82) is 0 Å². The molecule has 0 saturated heterocycles. The number of nitrogen functional groups attached to an aromatic ring is 1. The van der Waals surface area contributed by atoms with E-state index in [-0.39, 0.29) is 30.6 Å². The molecule has 1 aromatic rings. The molecule has 18 heavy (non-hydrogen) atoms. The summed E-state index contributed by atoms with van der Waals surface area (Å²) in [5.74, 6) is -0.355. The van der Waals surface area contributed by atoms with Crippen LogP contribution in [0.4, 0.5) is 5.95 Å². The van der Waals surface area contributed by atoms with E-state index in [0.717, 1.165) is 0 Å². The van der Waals surface area contributed by atoms with Crippen molar-refractivity contribution in [3.05, 3.63) is 5.82 Å². The van der Waals surface area contributed by atoms with Gasteiger partial charge >= 0.3 is 0 Å². The fourth-order valence-electron chi connectivity index (χ4n) is 1.48. The molecule has 0 unspecified atom stereocenters. The lowest BCUT2D eigenvalue weighted by atomic mass is 10.3. The van der Waals surface area contributed by atoms with Crippen LogP contribution in [0, 0.1) is 0 Å². The Morgan fingerprint density at radius 2 is 2.06 bits per heavy atom. The average Bonchev–Trinajstić information content (AvgIpc) is 2.77. The topological polar surface area (TPSA) is 117 Å². The van der Waals surface area contributed by atoms with Crippen molar-refractivity contribution in [1.82, 2.24) is 25.4 Å². The van der Waals surface area contributed by atoms with Gasteiger partial charge in [-0.1, -0.05) is 0 Å². The molecule has 0 fully saturated rings. The van der Waals surface area contributed by atoms with Crippen molar-refractivity contribution in [2.45, 2.75) is 20.3 Å². The largest absolute Gasteiger partial charge is 0.366 e. The molecule has 4 N–H and O–H groups in total. The zero-order valence-electron chi connectivity index (χ0n) is 10.6. The molecule has 1 heterocycles. The standard InChI is InChI=1S/C10H18N6O2/c1-3-16(4-2)7(17)5-6-12-9(18)8-13-10(11)15-14-8/h3-6H2,1-2H3,(H,12,18)(H3,11,13,14,15). The number of nitrogens with zero attached hydrogens (tertiary/aromatic N) is 3. The van der Waals surface area contributed by atoms with Crippen LogP contribution in [0.5, 0.6) is 0 Å². The molecule has 8 heteroatoms. The summed E-state index contributed by atoms with van der Waals surface area (Å²) in [5, 5.41) is 8.51. The second-order valence-corrected chi connectivity index (χ2v) is 3.61. The van der Waals surface area contributed by atoms with Crippen molar-refractivity contribution in [3.8, 4) is 0 Å². The highest BCUT2D eigenvalue weighted by atomic mass is 16.2. The summed E-state index contributed by atoms with van der Waals surface area (Å²) in [4.78, 5) is 28.6. The SMILES string of the molecule is CCN(CC)C(=O)CCNC(=O)c1nc(N)n[nH]1. The number of nitrogens with two attached hydrogens (primary N) is 1. The van der Waals surface area contributed by atoms with Crippen LogP contribution in [-0.4, -0.2) is 51.5 Å². The van der Waals surface area contributed by atoms with Crippen LogP contribution < -0.4 is 11.1 Å². The molecule has 0 aliphatic carbocycles. The van der Waals surface area contributed by atoms with Gasteiger partial charge in [0.1, 0.15) is 0 Å². The number of hydrogen-bond donors (Lipinski definition) is 3. The fraction of sp³-hybridized carbons (Fsp3) is 0.600. The summed E-state index contributed by atoms with van der Waals surface area (Å²) in [5.41, 5.74) is 5.27. The van der Waals surface area contributed by atoms with Crippen LogP contribution in [0.25, 0.3) is 0 Å². The highest BCUT2D eigenvalue weighted by molar-refractivity contribution is 5.90. The number of nitrogens with one attached hydrogen (secondary N) is 2. The van der Waals surface area contributed by atoms with Gasteiger partial charge in [0, 0.05) is 26.1 Å². The summed E-state index contributed by atoms with van der Waals surface area (Å²) in [6, 6.07) is 0. The predicted octanol–water partition coefficient (Wildman–Crippen LogP) is -0.625. The van der Waals surface area contributed by atoms with Gasteiger partial charge in [0.2, 0.25) is 17.7 Å². The van der Waals surface area contributed by atoms with Gasteiger partial charge < -0.3 is 16.0 Å². The van der Waals surface area contributed by atoms with Gasteiger partial charge in [0.15, 0.2) is 0 Å². The first kappa shape index (κ1) is 13.9. The van der Waals surface area contributed by atoms with Gasteiger partial charge in [-0.15, -0.1) is 5.10 Å². The summed E-state index contributed by atoms with van der Waals surface area (Å²) < 4.78 is 0. The number of carbonyl (C=O) groups is 2. The Kier molecular flexibility index (Phi) is 5.09. The molecule has 0 atom stereocenters. The molecule has 0 radical (unpaired) electrons. The van der Waals surface area contributed by atoms with E-state index in [0.29, 0.717) is 13.1 Å². The Hall–Kier alpha value is -2.12. The first-order valence-electron chi connectivity index (χ1n) is 5.82. The van der Waals surface area contributed by atoms with E-state index in [2.05, 4.69) is 20.5 Å². The van der Waals surface area contributed by atoms with E-state index in [1.807, 2.05) is 13.8 Å². The Balaban J connectivity index is 2.34. The minimum Gasteiger partial charge on any atom is -0.366 e. The normalized spacial score (nSPS) is 10.1. The van der Waals surface area contributed by atoms with Gasteiger partial charge in [-0.25, -0.2) is 0 Å². The lowest BCUT2D eigenvalue weighted by Crippen LogP contribution is -2.34. The third kappa shape index (κ3) is 3.72. The number of carbonyl (C=O) groups excluding carboxylic acids is 2. The molecule has 8 nitrogen and oxygen atoms in total. The lowest BCUT2D eigenvalue weighted by molar-refractivity contribution is -0.130. The zero-order chi connectivity index (χ0) is 13.5. The predicted molar refractivity (Wildman–Crippen MR) is 65.7 cm³/mol. The second kappa shape index (κ2) is 6.58. The summed E-state index contributed by atoms with van der Waals surface area (Å²) in [6.45, 7) is 5.42. The maximum Gasteiger partial charge on any atom is 0.288 e. The van der Waals surface area contributed by atoms with Crippen LogP contribution >= 0.6 is 0 Å². The van der Waals surface area contributed by atoms with Gasteiger partial charge in [-0.3, -0.25) is 14.7 Å². The van der Waals surface area contributed by atoms with E-state index >= 15 is 0 Å². The Morgan fingerprint density at radius 1 is 1.39 bits per heavy atom. The number of H-pyrrole nitrogens is 1. The highest BCUT2D eigenvalue weighted by Crippen LogP contribution is 1.95. The fourth-order valence-corrected chi connectivity index (χ4v) is 1.48. The quantitative estimate of drug-likeness (QED) is 0.625. The lowest BCUT2D eigenvalue weighted by Gasteiger charge is -2.18. The summed E-state index contributed by atoms with van der Waals surface area (Å²) >= 11 is 0. The average molecular weight is 254 g/mol. The maximum absolute atomic E-state index is 11.6. The van der Waals surface area contributed by atoms with Crippen molar-refractivity contribution >= 4 is 17.8 Å². The first-order valence-corrected chi connectivity index (χ1v) is 5.82. The van der Waals surface area contributed by atoms with Crippen LogP contribution in [0.2, 0.25) is 0 Å². The molecule has 0 spiro atoms. The summed E-state index contributed by atoms with van der Waals surface area (Å²) in [7, 11) is 0. The van der Waals surface area contributed by atoms with Crippen molar-refractivity contribution in [2.75, 3.05) is 25.4 Å². The van der Waals surface area contributed by atoms with E-state index in [1.54, 1.807) is 4.90 Å². The summed E-state index contributed by atoms with van der Waals surface area (Å²) in [6.07, 6.45) is 0.261. The third-order valence-corrected chi connectivity index (χ3v) is 2.46. The molecule has 0 aliphatic rings. The first-order chi connectivity index (χ1) is 8.58. The van der Waals surface area contributed by atoms with E-state index in [4.69, 9.17) is 5.73 Å². The number of hydrogen-bond acceptors (Lipinski definition) is 5. The van der Waals surface area contributed by atoms with Crippen LogP contribution in [0.15, 0.2) is 0 Å². The molecule has 0 bridgehead atoms. The molecule has 1 rings (SSSR count). The van der Waals surface area contributed by atoms with Crippen LogP contribution in [-0.2, 0) is 4.79 Å². The molecular weight excluding hydrogens is 236 g/mol. The molecule has 0 saturated carbocycles. The van der Waals surface area contributed by atoms with E-state index in [1.165, 1.54) is 0 Å². The van der Waals surface area contributed by atoms with E-state index < -0.39 is 5.91 Å². The molecule has 0 aromatic carbocycles. The molecular formula is C10H18N6O2. The van der Waals surface area contributed by atoms with Crippen molar-refractivity contribution in [2.24, 2.45) is 0 Å². The number of rotatable bonds is 6. The molecule has 0 aliphatic heterocycles. The Morgan fingerprint density at radius 3 is 2.56 bits per heavy atom. The smallest absolute Gasteiger partial charge is 0.288 e. The van der Waals surface area contributed by atoms with Crippen molar-refractivity contribution < 1.29 is 9.59 Å². The second-order valence-electron chi connectivity index (χ2n) is 3.61. The van der Waals surface area contributed by atoms with Gasteiger partial charge in [0.05, 0.1) is 0 Å². The maximum atomic E-state index is 11.6. The number of aromatic amines is 1. The van der Waals surface area contributed by atoms with E-state index in [9.17, 15) is 9.59 Å². The molecule has 1 aromatic heterocycles. The Labute approximate surface area is 105 Å².